The molecule has 8 nitrogen and oxygen atoms in total. The number of nitrogens with zero attached hydrogens (tertiary/aromatic N) is 3. The highest BCUT2D eigenvalue weighted by Gasteiger charge is 2.16. The molecule has 9 heteroatoms. The minimum atomic E-state index is -1.07. The number of rotatable bonds is 5. The Morgan fingerprint density at radius 3 is 2.71 bits per heavy atom. The molecule has 0 aliphatic rings. The average Bonchev–Trinajstić information content (AvgIpc) is 2.88. The number of aromatic carboxylic acids is 1. The summed E-state index contributed by atoms with van der Waals surface area (Å²) in [7, 11) is 0. The Bertz CT molecular complexity index is 700. The molecule has 110 valence electrons. The lowest BCUT2D eigenvalue weighted by molar-refractivity contribution is -0.385. The van der Waals surface area contributed by atoms with Crippen molar-refractivity contribution in [3.8, 4) is 0 Å². The highest BCUT2D eigenvalue weighted by molar-refractivity contribution is 7.09. The summed E-state index contributed by atoms with van der Waals surface area (Å²) in [6.45, 7) is 3.36. The van der Waals surface area contributed by atoms with Crippen molar-refractivity contribution in [3.63, 3.8) is 0 Å². The van der Waals surface area contributed by atoms with Crippen LogP contribution in [0.15, 0.2) is 17.5 Å². The van der Waals surface area contributed by atoms with Crippen molar-refractivity contribution in [2.75, 3.05) is 5.32 Å². The Morgan fingerprint density at radius 2 is 2.19 bits per heavy atom. The molecule has 0 saturated carbocycles. The molecule has 2 heterocycles. The fourth-order valence-electron chi connectivity index (χ4n) is 1.70. The van der Waals surface area contributed by atoms with Crippen molar-refractivity contribution in [1.29, 1.82) is 0 Å². The minimum Gasteiger partial charge on any atom is -0.476 e. The van der Waals surface area contributed by atoms with Crippen LogP contribution in [-0.2, 0) is 0 Å². The summed E-state index contributed by atoms with van der Waals surface area (Å²) in [5, 5.41) is 24.7. The van der Waals surface area contributed by atoms with Gasteiger partial charge in [-0.15, -0.1) is 11.3 Å². The van der Waals surface area contributed by atoms with Gasteiger partial charge in [0.05, 0.1) is 11.0 Å². The Labute approximate surface area is 123 Å². The Morgan fingerprint density at radius 1 is 1.48 bits per heavy atom. The van der Waals surface area contributed by atoms with E-state index in [0.29, 0.717) is 16.5 Å². The van der Waals surface area contributed by atoms with Gasteiger partial charge in [-0.25, -0.2) is 14.8 Å². The van der Waals surface area contributed by atoms with Gasteiger partial charge < -0.3 is 10.4 Å². The third-order valence-corrected chi connectivity index (χ3v) is 3.76. The first-order valence-corrected chi connectivity index (χ1v) is 6.83. The molecular weight excluding hydrogens is 296 g/mol. The predicted octanol–water partition coefficient (Wildman–Crippen LogP) is 2.63. The van der Waals surface area contributed by atoms with E-state index in [-0.39, 0.29) is 17.4 Å². The van der Waals surface area contributed by atoms with Crippen LogP contribution < -0.4 is 5.32 Å². The van der Waals surface area contributed by atoms with Crippen molar-refractivity contribution in [2.45, 2.75) is 19.9 Å². The largest absolute Gasteiger partial charge is 0.476 e. The van der Waals surface area contributed by atoms with E-state index in [1.54, 1.807) is 6.92 Å². The third-order valence-electron chi connectivity index (χ3n) is 2.73. The van der Waals surface area contributed by atoms with Gasteiger partial charge in [0.2, 0.25) is 0 Å². The first kappa shape index (κ1) is 14.9. The molecule has 0 radical (unpaired) electrons. The summed E-state index contributed by atoms with van der Waals surface area (Å²) in [4.78, 5) is 29.1. The van der Waals surface area contributed by atoms with Crippen LogP contribution in [0.1, 0.15) is 34.2 Å². The highest BCUT2D eigenvalue weighted by Crippen LogP contribution is 2.24. The minimum absolute atomic E-state index is 0.00325. The molecular formula is C12H12N4O4S. The molecule has 0 spiro atoms. The second kappa shape index (κ2) is 5.83. The topological polar surface area (TPSA) is 118 Å². The molecule has 0 aliphatic heterocycles. The number of carboxylic acid groups (broad SMARTS) is 1. The van der Waals surface area contributed by atoms with Crippen LogP contribution in [0.3, 0.4) is 0 Å². The molecule has 2 aromatic heterocycles. The lowest BCUT2D eigenvalue weighted by atomic mass is 10.3. The monoisotopic (exact) mass is 308 g/mol. The second-order valence-electron chi connectivity index (χ2n) is 4.30. The lowest BCUT2D eigenvalue weighted by Crippen LogP contribution is -2.09. The molecule has 1 unspecified atom stereocenters. The van der Waals surface area contributed by atoms with Gasteiger partial charge in [0.25, 0.3) is 5.69 Å². The van der Waals surface area contributed by atoms with Crippen molar-refractivity contribution in [1.82, 2.24) is 9.97 Å². The number of pyridine rings is 1. The zero-order valence-electron chi connectivity index (χ0n) is 11.2. The standard InChI is InChI=1S/C12H12N4O4S/c1-6-9(16(19)20)3-4-10(13-6)14-7(2)11-15-8(5-21-11)12(17)18/h3-5,7H,1-2H3,(H,13,14)(H,17,18). The molecule has 1 atom stereocenters. The van der Waals surface area contributed by atoms with E-state index < -0.39 is 10.9 Å². The normalized spacial score (nSPS) is 11.9. The summed E-state index contributed by atoms with van der Waals surface area (Å²) < 4.78 is 0. The number of nitro groups is 1. The number of hydrogen-bond donors (Lipinski definition) is 2. The summed E-state index contributed by atoms with van der Waals surface area (Å²) in [6.07, 6.45) is 0. The number of anilines is 1. The molecule has 2 N–H and O–H groups in total. The van der Waals surface area contributed by atoms with Gasteiger partial charge in [-0.2, -0.15) is 0 Å². The van der Waals surface area contributed by atoms with E-state index in [1.165, 1.54) is 28.8 Å². The summed E-state index contributed by atoms with van der Waals surface area (Å²) in [5.74, 6) is -0.605. The number of carboxylic acids is 1. The zero-order chi connectivity index (χ0) is 15.6. The maximum atomic E-state index is 10.8. The fourth-order valence-corrected chi connectivity index (χ4v) is 2.50. The van der Waals surface area contributed by atoms with Crippen LogP contribution in [0, 0.1) is 17.0 Å². The molecule has 21 heavy (non-hydrogen) atoms. The molecule has 0 aromatic carbocycles. The van der Waals surface area contributed by atoms with E-state index in [9.17, 15) is 14.9 Å². The van der Waals surface area contributed by atoms with Gasteiger partial charge in [-0.05, 0) is 19.9 Å². The Hall–Kier alpha value is -2.55. The number of thiazole rings is 1. The van der Waals surface area contributed by atoms with Gasteiger partial charge in [-0.3, -0.25) is 10.1 Å². The van der Waals surface area contributed by atoms with Crippen LogP contribution in [0.4, 0.5) is 11.5 Å². The van der Waals surface area contributed by atoms with Gasteiger partial charge in [0.1, 0.15) is 16.5 Å². The van der Waals surface area contributed by atoms with Gasteiger partial charge in [-0.1, -0.05) is 0 Å². The second-order valence-corrected chi connectivity index (χ2v) is 5.19. The molecule has 2 rings (SSSR count). The fraction of sp³-hybridized carbons (Fsp3) is 0.250. The van der Waals surface area contributed by atoms with E-state index in [1.807, 2.05) is 6.92 Å². The van der Waals surface area contributed by atoms with Crippen molar-refractivity contribution < 1.29 is 14.8 Å². The molecule has 0 amide bonds. The van der Waals surface area contributed by atoms with E-state index in [4.69, 9.17) is 5.11 Å². The number of carbonyl (C=O) groups is 1. The van der Waals surface area contributed by atoms with Gasteiger partial charge in [0.15, 0.2) is 5.69 Å². The number of aryl methyl sites for hydroxylation is 1. The van der Waals surface area contributed by atoms with Crippen LogP contribution in [0.5, 0.6) is 0 Å². The smallest absolute Gasteiger partial charge is 0.355 e. The van der Waals surface area contributed by atoms with Crippen LogP contribution in [0.2, 0.25) is 0 Å². The van der Waals surface area contributed by atoms with Gasteiger partial charge >= 0.3 is 5.97 Å². The van der Waals surface area contributed by atoms with Crippen LogP contribution >= 0.6 is 11.3 Å². The zero-order valence-corrected chi connectivity index (χ0v) is 12.0. The first-order chi connectivity index (χ1) is 9.88. The first-order valence-electron chi connectivity index (χ1n) is 5.95. The molecule has 0 saturated heterocycles. The number of aromatic nitrogens is 2. The van der Waals surface area contributed by atoms with E-state index >= 15 is 0 Å². The average molecular weight is 308 g/mol. The van der Waals surface area contributed by atoms with Gasteiger partial charge in [0, 0.05) is 11.4 Å². The van der Waals surface area contributed by atoms with E-state index in [2.05, 4.69) is 15.3 Å². The maximum Gasteiger partial charge on any atom is 0.355 e. The van der Waals surface area contributed by atoms with Crippen LogP contribution in [0.25, 0.3) is 0 Å². The summed E-state index contributed by atoms with van der Waals surface area (Å²) in [5.41, 5.74) is 0.259. The highest BCUT2D eigenvalue weighted by atomic mass is 32.1. The van der Waals surface area contributed by atoms with Crippen LogP contribution in [-0.4, -0.2) is 26.0 Å². The SMILES string of the molecule is Cc1nc(NC(C)c2nc(C(=O)O)cs2)ccc1[N+](=O)[O-]. The molecule has 0 aliphatic carbocycles. The Balaban J connectivity index is 2.15. The summed E-state index contributed by atoms with van der Waals surface area (Å²) >= 11 is 1.23. The predicted molar refractivity (Wildman–Crippen MR) is 76.7 cm³/mol. The van der Waals surface area contributed by atoms with Crippen molar-refractivity contribution in [3.05, 3.63) is 44.0 Å². The maximum absolute atomic E-state index is 10.8. The van der Waals surface area contributed by atoms with E-state index in [0.717, 1.165) is 0 Å². The Kier molecular flexibility index (Phi) is 4.13. The van der Waals surface area contributed by atoms with Crippen molar-refractivity contribution in [2.24, 2.45) is 0 Å². The summed E-state index contributed by atoms with van der Waals surface area (Å²) in [6, 6.07) is 2.63. The third kappa shape index (κ3) is 3.31. The number of hydrogen-bond acceptors (Lipinski definition) is 7. The quantitative estimate of drug-likeness (QED) is 0.643. The lowest BCUT2D eigenvalue weighted by Gasteiger charge is -2.12. The molecule has 0 fully saturated rings. The molecule has 0 bridgehead atoms. The number of nitrogens with one attached hydrogen (secondary N) is 1. The van der Waals surface area contributed by atoms with Crippen molar-refractivity contribution >= 4 is 28.8 Å². The molecule has 2 aromatic rings.